The van der Waals surface area contributed by atoms with Gasteiger partial charge in [0.1, 0.15) is 0 Å². The van der Waals surface area contributed by atoms with E-state index in [-0.39, 0.29) is 4.90 Å². The van der Waals surface area contributed by atoms with Gasteiger partial charge in [0.2, 0.25) is 0 Å². The summed E-state index contributed by atoms with van der Waals surface area (Å²) in [6.07, 6.45) is 0. The van der Waals surface area contributed by atoms with E-state index in [1.165, 1.54) is 12.1 Å². The van der Waals surface area contributed by atoms with Gasteiger partial charge >= 0.3 is 6.03 Å². The number of nitrogens with two attached hydrogens (primary N) is 1. The number of primary amides is 1. The molecule has 0 spiro atoms. The second-order valence-corrected chi connectivity index (χ2v) is 4.96. The smallest absolute Gasteiger partial charge is 0.326 e. The zero-order valence-electron chi connectivity index (χ0n) is 8.73. The van der Waals surface area contributed by atoms with Crippen molar-refractivity contribution < 1.29 is 13.2 Å². The normalized spacial score (nSPS) is 10.8. The van der Waals surface area contributed by atoms with Crippen LogP contribution in [0.5, 0.6) is 0 Å². The van der Waals surface area contributed by atoms with Crippen molar-refractivity contribution in [2.75, 3.05) is 0 Å². The lowest BCUT2D eigenvalue weighted by atomic mass is 10.1. The van der Waals surface area contributed by atoms with Gasteiger partial charge in [-0.05, 0) is 24.6 Å². The lowest BCUT2D eigenvalue weighted by molar-refractivity contribution is 0.253. The van der Waals surface area contributed by atoms with Crippen LogP contribution in [0.15, 0.2) is 35.7 Å². The molecule has 0 fully saturated rings. The predicted molar refractivity (Wildman–Crippen MR) is 61.1 cm³/mol. The fourth-order valence-corrected chi connectivity index (χ4v) is 2.04. The third kappa shape index (κ3) is 2.83. The lowest BCUT2D eigenvalue weighted by Gasteiger charge is -2.06. The van der Waals surface area contributed by atoms with Gasteiger partial charge in [-0.15, -0.1) is 0 Å². The number of amides is 2. The number of allylic oxidation sites excluding steroid dienone is 1. The molecular weight excluding hydrogens is 228 g/mol. The van der Waals surface area contributed by atoms with Crippen molar-refractivity contribution in [2.24, 2.45) is 5.73 Å². The zero-order chi connectivity index (χ0) is 12.3. The van der Waals surface area contributed by atoms with Crippen LogP contribution in [-0.4, -0.2) is 14.4 Å². The molecule has 0 aliphatic carbocycles. The van der Waals surface area contributed by atoms with Crippen LogP contribution >= 0.6 is 0 Å². The van der Waals surface area contributed by atoms with E-state index in [9.17, 15) is 13.2 Å². The maximum atomic E-state index is 11.6. The largest absolute Gasteiger partial charge is 0.351 e. The Morgan fingerprint density at radius 3 is 2.56 bits per heavy atom. The number of hydrogen-bond acceptors (Lipinski definition) is 3. The number of benzene rings is 1. The Kier molecular flexibility index (Phi) is 3.34. The minimum absolute atomic E-state index is 0.0215. The molecule has 0 saturated carbocycles. The molecular formula is C10H12N2O3S. The molecule has 2 amide bonds. The Labute approximate surface area is 94.0 Å². The molecule has 6 heteroatoms. The second-order valence-electron chi connectivity index (χ2n) is 3.28. The molecule has 0 aromatic heterocycles. The van der Waals surface area contributed by atoms with Gasteiger partial charge < -0.3 is 5.73 Å². The summed E-state index contributed by atoms with van der Waals surface area (Å²) < 4.78 is 24.8. The Morgan fingerprint density at radius 2 is 2.06 bits per heavy atom. The van der Waals surface area contributed by atoms with Gasteiger partial charge in [-0.2, -0.15) is 0 Å². The summed E-state index contributed by atoms with van der Waals surface area (Å²) in [6.45, 7) is 5.46. The molecule has 5 nitrogen and oxygen atoms in total. The molecule has 0 unspecified atom stereocenters. The minimum atomic E-state index is -3.88. The Bertz CT molecular complexity index is 535. The number of rotatable bonds is 3. The van der Waals surface area contributed by atoms with Gasteiger partial charge in [-0.25, -0.2) is 17.9 Å². The fourth-order valence-electron chi connectivity index (χ4n) is 1.12. The molecule has 0 atom stereocenters. The van der Waals surface area contributed by atoms with E-state index < -0.39 is 16.1 Å². The van der Waals surface area contributed by atoms with Crippen molar-refractivity contribution in [2.45, 2.75) is 11.8 Å². The highest BCUT2D eigenvalue weighted by Gasteiger charge is 2.15. The number of carbonyl (C=O) groups is 1. The van der Waals surface area contributed by atoms with Crippen LogP contribution in [0.2, 0.25) is 0 Å². The second kappa shape index (κ2) is 4.36. The number of carbonyl (C=O) groups excluding carboxylic acids is 1. The van der Waals surface area contributed by atoms with Gasteiger partial charge in [0, 0.05) is 0 Å². The number of urea groups is 1. The monoisotopic (exact) mass is 240 g/mol. The third-order valence-electron chi connectivity index (χ3n) is 1.87. The first kappa shape index (κ1) is 12.3. The molecule has 86 valence electrons. The molecule has 1 rings (SSSR count). The quantitative estimate of drug-likeness (QED) is 0.828. The predicted octanol–water partition coefficient (Wildman–Crippen LogP) is 1.08. The van der Waals surface area contributed by atoms with Crippen LogP contribution in [0.1, 0.15) is 12.5 Å². The van der Waals surface area contributed by atoms with Crippen molar-refractivity contribution in [3.05, 3.63) is 36.4 Å². The Hall–Kier alpha value is -1.82. The standard InChI is InChI=1S/C10H12N2O3S/c1-7(2)8-4-3-5-9(6-8)16(14,15)12-10(11)13/h3-6H,1H2,2H3,(H3,11,12,13). The Morgan fingerprint density at radius 1 is 1.44 bits per heavy atom. The fraction of sp³-hybridized carbons (Fsp3) is 0.100. The number of hydrogen-bond donors (Lipinski definition) is 2. The number of nitrogens with one attached hydrogen (secondary N) is 1. The van der Waals surface area contributed by atoms with E-state index in [0.29, 0.717) is 5.56 Å². The van der Waals surface area contributed by atoms with Crippen LogP contribution in [-0.2, 0) is 10.0 Å². The highest BCUT2D eigenvalue weighted by Crippen LogP contribution is 2.16. The minimum Gasteiger partial charge on any atom is -0.351 e. The van der Waals surface area contributed by atoms with Crippen molar-refractivity contribution in [3.8, 4) is 0 Å². The molecule has 0 radical (unpaired) electrons. The summed E-state index contributed by atoms with van der Waals surface area (Å²) >= 11 is 0. The van der Waals surface area contributed by atoms with Gasteiger partial charge in [0.05, 0.1) is 4.90 Å². The highest BCUT2D eigenvalue weighted by atomic mass is 32.2. The SMILES string of the molecule is C=C(C)c1cccc(S(=O)(=O)NC(N)=O)c1. The van der Waals surface area contributed by atoms with E-state index >= 15 is 0 Å². The van der Waals surface area contributed by atoms with E-state index in [0.717, 1.165) is 5.57 Å². The summed E-state index contributed by atoms with van der Waals surface area (Å²) in [7, 11) is -3.88. The molecule has 16 heavy (non-hydrogen) atoms. The van der Waals surface area contributed by atoms with E-state index in [4.69, 9.17) is 5.73 Å². The molecule has 1 aromatic carbocycles. The summed E-state index contributed by atoms with van der Waals surface area (Å²) in [5.74, 6) is 0. The first-order valence-corrected chi connectivity index (χ1v) is 5.89. The first-order chi connectivity index (χ1) is 7.33. The lowest BCUT2D eigenvalue weighted by Crippen LogP contribution is -2.34. The van der Waals surface area contributed by atoms with Gasteiger partial charge in [0.25, 0.3) is 10.0 Å². The van der Waals surface area contributed by atoms with Crippen LogP contribution in [0.4, 0.5) is 4.79 Å². The third-order valence-corrected chi connectivity index (χ3v) is 3.22. The summed E-state index contributed by atoms with van der Waals surface area (Å²) in [4.78, 5) is 10.5. The Balaban J connectivity index is 3.19. The van der Waals surface area contributed by atoms with Gasteiger partial charge in [0.15, 0.2) is 0 Å². The molecule has 1 aromatic rings. The van der Waals surface area contributed by atoms with Crippen LogP contribution in [0, 0.1) is 0 Å². The summed E-state index contributed by atoms with van der Waals surface area (Å²) in [5, 5.41) is 0. The molecule has 0 bridgehead atoms. The van der Waals surface area contributed by atoms with E-state index in [1.807, 2.05) is 0 Å². The number of sulfonamides is 1. The van der Waals surface area contributed by atoms with Gasteiger partial charge in [-0.3, -0.25) is 0 Å². The molecule has 0 heterocycles. The molecule has 3 N–H and O–H groups in total. The van der Waals surface area contributed by atoms with Crippen LogP contribution in [0.3, 0.4) is 0 Å². The maximum Gasteiger partial charge on any atom is 0.326 e. The average molecular weight is 240 g/mol. The van der Waals surface area contributed by atoms with Crippen molar-refractivity contribution in [3.63, 3.8) is 0 Å². The van der Waals surface area contributed by atoms with Crippen LogP contribution < -0.4 is 10.5 Å². The zero-order valence-corrected chi connectivity index (χ0v) is 9.54. The van der Waals surface area contributed by atoms with Crippen LogP contribution in [0.25, 0.3) is 5.57 Å². The topological polar surface area (TPSA) is 89.3 Å². The first-order valence-electron chi connectivity index (χ1n) is 4.41. The summed E-state index contributed by atoms with van der Waals surface area (Å²) in [6, 6.07) is 4.98. The molecule has 0 saturated heterocycles. The molecule has 0 aliphatic heterocycles. The molecule has 0 aliphatic rings. The highest BCUT2D eigenvalue weighted by molar-refractivity contribution is 7.90. The van der Waals surface area contributed by atoms with Crippen molar-refractivity contribution in [1.82, 2.24) is 4.72 Å². The van der Waals surface area contributed by atoms with Gasteiger partial charge in [-0.1, -0.05) is 24.3 Å². The average Bonchev–Trinajstić information content (AvgIpc) is 2.16. The van der Waals surface area contributed by atoms with E-state index in [1.54, 1.807) is 23.8 Å². The van der Waals surface area contributed by atoms with Crippen molar-refractivity contribution in [1.29, 1.82) is 0 Å². The maximum absolute atomic E-state index is 11.6. The van der Waals surface area contributed by atoms with E-state index in [2.05, 4.69) is 6.58 Å². The van der Waals surface area contributed by atoms with Crippen molar-refractivity contribution >= 4 is 21.6 Å². The summed E-state index contributed by atoms with van der Waals surface area (Å²) in [5.41, 5.74) is 6.19.